The molecule has 1 aromatic heterocycles. The second-order valence-electron chi connectivity index (χ2n) is 4.26. The van der Waals surface area contributed by atoms with E-state index in [0.29, 0.717) is 12.6 Å². The first-order chi connectivity index (χ1) is 6.70. The molecule has 0 saturated heterocycles. The monoisotopic (exact) mass is 194 g/mol. The minimum absolute atomic E-state index is 0.678. The number of hydrogen-bond acceptors (Lipinski definition) is 2. The average Bonchev–Trinajstić information content (AvgIpc) is 2.48. The van der Waals surface area contributed by atoms with E-state index < -0.39 is 0 Å². The normalized spacial score (nSPS) is 25.9. The maximum Gasteiger partial charge on any atom is 0.293 e. The molecule has 3 nitrogen and oxygen atoms in total. The number of rotatable bonds is 2. The van der Waals surface area contributed by atoms with E-state index in [2.05, 4.69) is 23.8 Å². The molecule has 0 amide bonds. The molecule has 1 heterocycles. The van der Waals surface area contributed by atoms with Crippen LogP contribution in [0.25, 0.3) is 0 Å². The molecule has 2 atom stereocenters. The molecule has 3 heteroatoms. The largest absolute Gasteiger partial charge is 0.465 e. The van der Waals surface area contributed by atoms with E-state index in [9.17, 15) is 0 Å². The summed E-state index contributed by atoms with van der Waals surface area (Å²) in [6.07, 6.45) is 2.19. The molecule has 14 heavy (non-hydrogen) atoms. The van der Waals surface area contributed by atoms with Gasteiger partial charge in [-0.15, -0.1) is 0 Å². The Balaban J connectivity index is 2.20. The highest BCUT2D eigenvalue weighted by Crippen LogP contribution is 2.29. The van der Waals surface area contributed by atoms with Gasteiger partial charge in [-0.05, 0) is 31.6 Å². The summed E-state index contributed by atoms with van der Waals surface area (Å²) in [4.78, 5) is 7.70. The maximum absolute atomic E-state index is 5.36. The van der Waals surface area contributed by atoms with Crippen LogP contribution in [0, 0.1) is 11.8 Å². The van der Waals surface area contributed by atoms with Crippen molar-refractivity contribution in [3.05, 3.63) is 11.4 Å². The van der Waals surface area contributed by atoms with Crippen LogP contribution in [0.4, 0.5) is 0 Å². The van der Waals surface area contributed by atoms with Crippen LogP contribution in [0.3, 0.4) is 0 Å². The fourth-order valence-electron chi connectivity index (χ4n) is 1.99. The Morgan fingerprint density at radius 1 is 1.36 bits per heavy atom. The van der Waals surface area contributed by atoms with Crippen molar-refractivity contribution in [3.63, 3.8) is 0 Å². The molecule has 2 unspecified atom stereocenters. The van der Waals surface area contributed by atoms with Gasteiger partial charge in [-0.3, -0.25) is 0 Å². The quantitative estimate of drug-likeness (QED) is 0.783. The summed E-state index contributed by atoms with van der Waals surface area (Å²) in [6, 6.07) is 0.693. The van der Waals surface area contributed by atoms with Gasteiger partial charge in [-0.2, -0.15) is 0 Å². The number of H-pyrrole nitrogens is 1. The van der Waals surface area contributed by atoms with Gasteiger partial charge in [0.05, 0.1) is 12.3 Å². The van der Waals surface area contributed by atoms with Gasteiger partial charge in [-0.1, -0.05) is 13.8 Å². The van der Waals surface area contributed by atoms with E-state index in [1.165, 1.54) is 11.4 Å². The summed E-state index contributed by atoms with van der Waals surface area (Å²) in [5.74, 6) is 1.48. The van der Waals surface area contributed by atoms with E-state index in [1.54, 1.807) is 0 Å². The third kappa shape index (κ3) is 1.63. The Bertz CT molecular complexity index is 292. The number of fused-ring (bicyclic) bond motifs is 1. The molecule has 0 aromatic carbocycles. The van der Waals surface area contributed by atoms with Gasteiger partial charge in [0.15, 0.2) is 0 Å². The molecule has 0 spiro atoms. The van der Waals surface area contributed by atoms with Crippen LogP contribution < -0.4 is 4.74 Å². The van der Waals surface area contributed by atoms with Crippen molar-refractivity contribution in [2.75, 3.05) is 6.61 Å². The van der Waals surface area contributed by atoms with E-state index in [1.807, 2.05) is 6.92 Å². The van der Waals surface area contributed by atoms with Gasteiger partial charge in [0.1, 0.15) is 0 Å². The zero-order valence-corrected chi connectivity index (χ0v) is 9.13. The first kappa shape index (κ1) is 9.56. The van der Waals surface area contributed by atoms with Crippen molar-refractivity contribution in [2.45, 2.75) is 33.6 Å². The molecule has 2 rings (SSSR count). The standard InChI is InChI=1S/C11H18N2O/c1-4-14-11-12-9-5-7(2)8(3)6-10(9)13-11/h7-8H,4-6H2,1-3H3,(H,12,13). The highest BCUT2D eigenvalue weighted by molar-refractivity contribution is 5.21. The fourth-order valence-corrected chi connectivity index (χ4v) is 1.99. The first-order valence-electron chi connectivity index (χ1n) is 5.41. The highest BCUT2D eigenvalue weighted by atomic mass is 16.5. The first-order valence-corrected chi connectivity index (χ1v) is 5.41. The number of aromatic amines is 1. The summed E-state index contributed by atoms with van der Waals surface area (Å²) in [5.41, 5.74) is 2.48. The molecule has 78 valence electrons. The van der Waals surface area contributed by atoms with Gasteiger partial charge < -0.3 is 9.72 Å². The van der Waals surface area contributed by atoms with Crippen LogP contribution in [0.2, 0.25) is 0 Å². The minimum atomic E-state index is 0.678. The molecule has 0 aliphatic heterocycles. The molecule has 1 aliphatic rings. The van der Waals surface area contributed by atoms with E-state index >= 15 is 0 Å². The fraction of sp³-hybridized carbons (Fsp3) is 0.727. The molecule has 1 N–H and O–H groups in total. The molecule has 1 aliphatic carbocycles. The summed E-state index contributed by atoms with van der Waals surface area (Å²) in [7, 11) is 0. The van der Waals surface area contributed by atoms with Crippen LogP contribution in [-0.4, -0.2) is 16.6 Å². The molecular formula is C11H18N2O. The lowest BCUT2D eigenvalue weighted by molar-refractivity contribution is 0.315. The van der Waals surface area contributed by atoms with Crippen LogP contribution in [0.5, 0.6) is 6.01 Å². The van der Waals surface area contributed by atoms with E-state index in [4.69, 9.17) is 4.74 Å². The topological polar surface area (TPSA) is 37.9 Å². The Morgan fingerprint density at radius 3 is 2.79 bits per heavy atom. The predicted octanol–water partition coefficient (Wildman–Crippen LogP) is 2.18. The Morgan fingerprint density at radius 2 is 2.07 bits per heavy atom. The van der Waals surface area contributed by atoms with Crippen LogP contribution >= 0.6 is 0 Å². The van der Waals surface area contributed by atoms with Gasteiger partial charge >= 0.3 is 0 Å². The zero-order chi connectivity index (χ0) is 10.1. The summed E-state index contributed by atoms with van der Waals surface area (Å²) < 4.78 is 5.36. The number of aromatic nitrogens is 2. The number of ether oxygens (including phenoxy) is 1. The number of nitrogens with zero attached hydrogens (tertiary/aromatic N) is 1. The van der Waals surface area contributed by atoms with Crippen LogP contribution in [0.15, 0.2) is 0 Å². The molecule has 0 fully saturated rings. The second-order valence-corrected chi connectivity index (χ2v) is 4.26. The maximum atomic E-state index is 5.36. The van der Waals surface area contributed by atoms with E-state index in [-0.39, 0.29) is 0 Å². The molecule has 0 saturated carbocycles. The average molecular weight is 194 g/mol. The van der Waals surface area contributed by atoms with Crippen LogP contribution in [-0.2, 0) is 12.8 Å². The van der Waals surface area contributed by atoms with E-state index in [0.717, 1.165) is 24.7 Å². The van der Waals surface area contributed by atoms with Crippen LogP contribution in [0.1, 0.15) is 32.2 Å². The molecular weight excluding hydrogens is 176 g/mol. The zero-order valence-electron chi connectivity index (χ0n) is 9.13. The Kier molecular flexibility index (Phi) is 2.48. The smallest absolute Gasteiger partial charge is 0.293 e. The Hall–Kier alpha value is -0.990. The van der Waals surface area contributed by atoms with Crippen molar-refractivity contribution >= 4 is 0 Å². The second kappa shape index (κ2) is 3.64. The van der Waals surface area contributed by atoms with Crippen molar-refractivity contribution in [3.8, 4) is 6.01 Å². The Labute approximate surface area is 84.9 Å². The van der Waals surface area contributed by atoms with Crippen molar-refractivity contribution in [1.29, 1.82) is 0 Å². The lowest BCUT2D eigenvalue weighted by Crippen LogP contribution is -2.20. The SMILES string of the molecule is CCOc1nc2c([nH]1)CC(C)C(C)C2. The molecule has 1 aromatic rings. The summed E-state index contributed by atoms with van der Waals surface area (Å²) in [5, 5.41) is 0. The summed E-state index contributed by atoms with van der Waals surface area (Å²) >= 11 is 0. The van der Waals surface area contributed by atoms with Gasteiger partial charge in [0.25, 0.3) is 6.01 Å². The lowest BCUT2D eigenvalue weighted by Gasteiger charge is -2.24. The number of nitrogens with one attached hydrogen (secondary N) is 1. The van der Waals surface area contributed by atoms with Crippen molar-refractivity contribution in [1.82, 2.24) is 9.97 Å². The molecule has 0 bridgehead atoms. The predicted molar refractivity (Wildman–Crippen MR) is 55.5 cm³/mol. The highest BCUT2D eigenvalue weighted by Gasteiger charge is 2.25. The number of imidazole rings is 1. The lowest BCUT2D eigenvalue weighted by atomic mass is 9.82. The third-order valence-electron chi connectivity index (χ3n) is 3.14. The number of hydrogen-bond donors (Lipinski definition) is 1. The third-order valence-corrected chi connectivity index (χ3v) is 3.14. The van der Waals surface area contributed by atoms with Crippen molar-refractivity contribution in [2.24, 2.45) is 11.8 Å². The molecule has 0 radical (unpaired) electrons. The van der Waals surface area contributed by atoms with Gasteiger partial charge in [-0.25, -0.2) is 4.98 Å². The minimum Gasteiger partial charge on any atom is -0.465 e. The van der Waals surface area contributed by atoms with Gasteiger partial charge in [0, 0.05) is 5.69 Å². The van der Waals surface area contributed by atoms with Gasteiger partial charge in [0.2, 0.25) is 0 Å². The summed E-state index contributed by atoms with van der Waals surface area (Å²) in [6.45, 7) is 7.25. The van der Waals surface area contributed by atoms with Crippen molar-refractivity contribution < 1.29 is 4.74 Å².